The highest BCUT2D eigenvalue weighted by Crippen LogP contribution is 2.19. The number of methoxy groups -OCH3 is 2. The minimum atomic E-state index is -3.85. The maximum absolute atomic E-state index is 12.9. The maximum atomic E-state index is 12.9. The van der Waals surface area contributed by atoms with Gasteiger partial charge in [0.05, 0.1) is 19.1 Å². The molecule has 0 aliphatic carbocycles. The Bertz CT molecular complexity index is 1280. The van der Waals surface area contributed by atoms with E-state index in [-0.39, 0.29) is 11.4 Å². The van der Waals surface area contributed by atoms with Crippen LogP contribution in [0, 0.1) is 24.7 Å². The number of benzene rings is 3. The number of rotatable bonds is 9. The Balaban J connectivity index is 1.90. The van der Waals surface area contributed by atoms with Crippen LogP contribution in [0.25, 0.3) is 0 Å². The molecule has 0 saturated heterocycles. The molecule has 0 unspecified atom stereocenters. The Kier molecular flexibility index (Phi) is 8.90. The zero-order valence-electron chi connectivity index (χ0n) is 19.8. The fraction of sp³-hybridized carbons (Fsp3) is 0.222. The van der Waals surface area contributed by atoms with Gasteiger partial charge in [-0.05, 0) is 55.5 Å². The average Bonchev–Trinajstić information content (AvgIpc) is 2.88. The van der Waals surface area contributed by atoms with Crippen LogP contribution in [0.5, 0.6) is 5.75 Å². The Morgan fingerprint density at radius 3 is 2.20 bits per heavy atom. The summed E-state index contributed by atoms with van der Waals surface area (Å²) < 4.78 is 38.5. The Labute approximate surface area is 206 Å². The summed E-state index contributed by atoms with van der Waals surface area (Å²) in [6.45, 7) is 1.66. The van der Waals surface area contributed by atoms with Gasteiger partial charge in [0.2, 0.25) is 10.0 Å². The molecular formula is C27H28N2O5S. The van der Waals surface area contributed by atoms with Crippen LogP contribution < -0.4 is 14.8 Å². The molecule has 7 nitrogen and oxygen atoms in total. The molecule has 0 bridgehead atoms. The highest BCUT2D eigenvalue weighted by Gasteiger charge is 2.30. The second kappa shape index (κ2) is 12.1. The van der Waals surface area contributed by atoms with Crippen LogP contribution in [-0.4, -0.2) is 41.2 Å². The predicted molar refractivity (Wildman–Crippen MR) is 136 cm³/mol. The number of esters is 1. The number of hydrogen-bond acceptors (Lipinski definition) is 6. The molecule has 0 aliphatic heterocycles. The van der Waals surface area contributed by atoms with E-state index in [4.69, 9.17) is 9.47 Å². The molecule has 3 aromatic carbocycles. The number of sulfonamides is 1. The number of hydrogen-bond donors (Lipinski definition) is 2. The van der Waals surface area contributed by atoms with Crippen LogP contribution in [0.4, 0.5) is 5.69 Å². The summed E-state index contributed by atoms with van der Waals surface area (Å²) in [5.41, 5.74) is 2.39. The van der Waals surface area contributed by atoms with Crippen LogP contribution in [0.15, 0.2) is 83.8 Å². The molecule has 182 valence electrons. The molecule has 3 aromatic rings. The van der Waals surface area contributed by atoms with E-state index in [1.165, 1.54) is 19.2 Å². The van der Waals surface area contributed by atoms with E-state index in [2.05, 4.69) is 21.9 Å². The number of anilines is 1. The Hall–Kier alpha value is -3.80. The first kappa shape index (κ1) is 25.8. The van der Waals surface area contributed by atoms with Gasteiger partial charge in [0, 0.05) is 17.8 Å². The number of carbonyl (C=O) groups is 1. The van der Waals surface area contributed by atoms with Gasteiger partial charge in [-0.1, -0.05) is 47.7 Å². The molecule has 0 spiro atoms. The molecule has 0 fully saturated rings. The zero-order chi connectivity index (χ0) is 25.3. The van der Waals surface area contributed by atoms with Crippen molar-refractivity contribution in [1.29, 1.82) is 0 Å². The van der Waals surface area contributed by atoms with Gasteiger partial charge in [0.15, 0.2) is 0 Å². The summed E-state index contributed by atoms with van der Waals surface area (Å²) in [5, 5.41) is 3.23. The lowest BCUT2D eigenvalue weighted by molar-refractivity contribution is -0.145. The van der Waals surface area contributed by atoms with Crippen LogP contribution in [0.3, 0.4) is 0 Å². The predicted octanol–water partition coefficient (Wildman–Crippen LogP) is 3.60. The van der Waals surface area contributed by atoms with Crippen LogP contribution in [0.1, 0.15) is 11.1 Å². The van der Waals surface area contributed by atoms with Crippen molar-refractivity contribution in [1.82, 2.24) is 4.72 Å². The van der Waals surface area contributed by atoms with Gasteiger partial charge in [0.1, 0.15) is 17.7 Å². The van der Waals surface area contributed by atoms with Crippen LogP contribution in [0.2, 0.25) is 0 Å². The van der Waals surface area contributed by atoms with Gasteiger partial charge in [0.25, 0.3) is 0 Å². The number of carbonyl (C=O) groups excluding carboxylic acids is 1. The molecule has 0 amide bonds. The first-order valence-electron chi connectivity index (χ1n) is 10.9. The molecule has 0 saturated carbocycles. The fourth-order valence-electron chi connectivity index (χ4n) is 3.28. The van der Waals surface area contributed by atoms with E-state index in [1.54, 1.807) is 43.5 Å². The van der Waals surface area contributed by atoms with E-state index in [0.717, 1.165) is 11.1 Å². The molecule has 0 aliphatic rings. The molecular weight excluding hydrogens is 464 g/mol. The van der Waals surface area contributed by atoms with Crippen molar-refractivity contribution >= 4 is 21.7 Å². The quantitative estimate of drug-likeness (QED) is 0.350. The highest BCUT2D eigenvalue weighted by atomic mass is 32.2. The smallest absolute Gasteiger partial charge is 0.313 e. The molecule has 2 N–H and O–H groups in total. The normalized spacial score (nSPS) is 12.5. The Morgan fingerprint density at radius 1 is 0.943 bits per heavy atom. The largest absolute Gasteiger partial charge is 0.497 e. The van der Waals surface area contributed by atoms with Gasteiger partial charge in [-0.25, -0.2) is 13.1 Å². The Morgan fingerprint density at radius 2 is 1.60 bits per heavy atom. The van der Waals surface area contributed by atoms with Crippen molar-refractivity contribution in [2.75, 3.05) is 26.1 Å². The average molecular weight is 493 g/mol. The van der Waals surface area contributed by atoms with Crippen LogP contribution in [-0.2, 0) is 19.6 Å². The van der Waals surface area contributed by atoms with E-state index < -0.39 is 28.0 Å². The monoisotopic (exact) mass is 492 g/mol. The summed E-state index contributed by atoms with van der Waals surface area (Å²) in [6.07, 6.45) is 0. The van der Waals surface area contributed by atoms with Gasteiger partial charge in [-0.3, -0.25) is 4.79 Å². The van der Waals surface area contributed by atoms with Crippen molar-refractivity contribution in [2.24, 2.45) is 5.92 Å². The van der Waals surface area contributed by atoms with Gasteiger partial charge >= 0.3 is 5.97 Å². The zero-order valence-corrected chi connectivity index (χ0v) is 20.6. The highest BCUT2D eigenvalue weighted by molar-refractivity contribution is 7.89. The van der Waals surface area contributed by atoms with E-state index >= 15 is 0 Å². The second-order valence-electron chi connectivity index (χ2n) is 7.78. The van der Waals surface area contributed by atoms with Crippen molar-refractivity contribution < 1.29 is 22.7 Å². The molecule has 8 heteroatoms. The lowest BCUT2D eigenvalue weighted by Gasteiger charge is -2.23. The molecule has 2 atom stereocenters. The lowest BCUT2D eigenvalue weighted by atomic mass is 9.99. The topological polar surface area (TPSA) is 93.7 Å². The third-order valence-electron chi connectivity index (χ3n) is 5.29. The first-order chi connectivity index (χ1) is 16.8. The van der Waals surface area contributed by atoms with Gasteiger partial charge in [-0.15, -0.1) is 0 Å². The van der Waals surface area contributed by atoms with Crippen molar-refractivity contribution in [2.45, 2.75) is 17.9 Å². The van der Waals surface area contributed by atoms with Crippen molar-refractivity contribution in [3.8, 4) is 17.6 Å². The first-order valence-corrected chi connectivity index (χ1v) is 12.4. The maximum Gasteiger partial charge on any atom is 0.313 e. The minimum absolute atomic E-state index is 0.113. The number of nitrogens with one attached hydrogen (secondary N) is 2. The lowest BCUT2D eigenvalue weighted by Crippen LogP contribution is -2.42. The van der Waals surface area contributed by atoms with Crippen molar-refractivity contribution in [3.05, 3.63) is 90.0 Å². The van der Waals surface area contributed by atoms with Crippen molar-refractivity contribution in [3.63, 3.8) is 0 Å². The van der Waals surface area contributed by atoms with E-state index in [9.17, 15) is 13.2 Å². The van der Waals surface area contributed by atoms with Gasteiger partial charge in [-0.2, -0.15) is 0 Å². The number of ether oxygens (including phenoxy) is 2. The molecule has 0 radical (unpaired) electrons. The van der Waals surface area contributed by atoms with Gasteiger partial charge < -0.3 is 14.8 Å². The summed E-state index contributed by atoms with van der Waals surface area (Å²) in [7, 11) is -1.01. The molecule has 3 rings (SSSR count). The van der Waals surface area contributed by atoms with Crippen LogP contribution >= 0.6 is 0 Å². The third kappa shape index (κ3) is 7.34. The summed E-state index contributed by atoms with van der Waals surface area (Å²) in [4.78, 5) is 12.9. The third-order valence-corrected chi connectivity index (χ3v) is 6.73. The molecule has 0 heterocycles. The minimum Gasteiger partial charge on any atom is -0.497 e. The fourth-order valence-corrected chi connectivity index (χ4v) is 4.34. The summed E-state index contributed by atoms with van der Waals surface area (Å²) in [6, 6.07) is 22.2. The standard InChI is InChI=1S/C27H28N2O5S/c1-20-9-16-24(17-10-20)35(31,32)28-19-25(27(30)34-3)26(18-11-21-7-5-4-6-8-21)29-22-12-14-23(33-2)15-13-22/h4-10,12-17,25-26,28-29H,19H2,1-3H3/t25-,26+/m0/s1. The number of aryl methyl sites for hydroxylation is 1. The summed E-state index contributed by atoms with van der Waals surface area (Å²) in [5.74, 6) is 5.30. The molecule has 35 heavy (non-hydrogen) atoms. The SMILES string of the molecule is COC(=O)[C@@H](CNS(=O)(=O)c1ccc(C)cc1)[C@@H](C#Cc1ccccc1)Nc1ccc(OC)cc1. The molecule has 0 aromatic heterocycles. The second-order valence-corrected chi connectivity index (χ2v) is 9.55. The van der Waals surface area contributed by atoms with E-state index in [0.29, 0.717) is 11.4 Å². The summed E-state index contributed by atoms with van der Waals surface area (Å²) >= 11 is 0. The van der Waals surface area contributed by atoms with E-state index in [1.807, 2.05) is 37.3 Å².